The van der Waals surface area contributed by atoms with Crippen molar-refractivity contribution < 1.29 is 31.8 Å². The molecule has 2 aromatic rings. The second-order valence-corrected chi connectivity index (χ2v) is 9.00. The number of esters is 1. The number of fused-ring (bicyclic) bond motifs is 1. The first-order valence-electron chi connectivity index (χ1n) is 9.66. The van der Waals surface area contributed by atoms with E-state index in [4.69, 9.17) is 9.47 Å². The van der Waals surface area contributed by atoms with Crippen LogP contribution in [0.3, 0.4) is 0 Å². The minimum atomic E-state index is -2.91. The monoisotopic (exact) mass is 464 g/mol. The van der Waals surface area contributed by atoms with Gasteiger partial charge in [-0.2, -0.15) is 0 Å². The molecule has 2 aliphatic rings. The fourth-order valence-electron chi connectivity index (χ4n) is 3.51. The SMILES string of the molecule is COCCn1c(=O)n(CC2CC2(F)F)c(=O)c2c(C)c(C(=O)OCC3CC3(F)F)sc21. The highest BCUT2D eigenvalue weighted by Gasteiger charge is 2.58. The molecule has 2 atom stereocenters. The predicted molar refractivity (Wildman–Crippen MR) is 103 cm³/mol. The van der Waals surface area contributed by atoms with Gasteiger partial charge in [0.15, 0.2) is 0 Å². The van der Waals surface area contributed by atoms with Gasteiger partial charge in [-0.05, 0) is 12.5 Å². The summed E-state index contributed by atoms with van der Waals surface area (Å²) in [6, 6.07) is 0. The number of halogens is 4. The number of methoxy groups -OCH3 is 1. The fraction of sp³-hybridized carbons (Fsp3) is 0.632. The molecule has 0 radical (unpaired) electrons. The summed E-state index contributed by atoms with van der Waals surface area (Å²) in [7, 11) is 1.42. The van der Waals surface area contributed by atoms with Gasteiger partial charge >= 0.3 is 11.7 Å². The van der Waals surface area contributed by atoms with Gasteiger partial charge in [0.2, 0.25) is 0 Å². The third-order valence-electron chi connectivity index (χ3n) is 5.73. The summed E-state index contributed by atoms with van der Waals surface area (Å²) >= 11 is 0.836. The van der Waals surface area contributed by atoms with Crippen LogP contribution >= 0.6 is 11.3 Å². The highest BCUT2D eigenvalue weighted by Crippen LogP contribution is 2.49. The van der Waals surface area contributed by atoms with Crippen molar-refractivity contribution in [3.05, 3.63) is 31.3 Å². The maximum absolute atomic E-state index is 13.4. The van der Waals surface area contributed by atoms with Crippen LogP contribution in [0.1, 0.15) is 28.1 Å². The third-order valence-corrected chi connectivity index (χ3v) is 7.02. The van der Waals surface area contributed by atoms with E-state index in [-0.39, 0.29) is 40.2 Å². The van der Waals surface area contributed by atoms with E-state index < -0.39 is 60.5 Å². The number of thiophene rings is 1. The van der Waals surface area contributed by atoms with Crippen LogP contribution < -0.4 is 11.2 Å². The van der Waals surface area contributed by atoms with E-state index in [2.05, 4.69) is 0 Å². The predicted octanol–water partition coefficient (Wildman–Crippen LogP) is 2.65. The Morgan fingerprint density at radius 1 is 1.13 bits per heavy atom. The molecule has 2 fully saturated rings. The summed E-state index contributed by atoms with van der Waals surface area (Å²) in [6.07, 6.45) is -0.750. The van der Waals surface area contributed by atoms with Crippen molar-refractivity contribution in [3.8, 4) is 0 Å². The number of hydrogen-bond donors (Lipinski definition) is 0. The Labute approximate surface area is 177 Å². The van der Waals surface area contributed by atoms with Crippen molar-refractivity contribution in [3.63, 3.8) is 0 Å². The topological polar surface area (TPSA) is 79.5 Å². The normalized spacial score (nSPS) is 23.2. The highest BCUT2D eigenvalue weighted by atomic mass is 32.1. The summed E-state index contributed by atoms with van der Waals surface area (Å²) in [5.41, 5.74) is -1.31. The Bertz CT molecular complexity index is 1170. The van der Waals surface area contributed by atoms with Gasteiger partial charge in [0.1, 0.15) is 16.3 Å². The van der Waals surface area contributed by atoms with Gasteiger partial charge in [0.05, 0.1) is 24.5 Å². The zero-order chi connectivity index (χ0) is 22.7. The van der Waals surface area contributed by atoms with Gasteiger partial charge in [0.25, 0.3) is 17.4 Å². The minimum absolute atomic E-state index is 0.0103. The number of ether oxygens (including phenoxy) is 2. The van der Waals surface area contributed by atoms with Crippen molar-refractivity contribution in [2.45, 2.75) is 44.7 Å². The van der Waals surface area contributed by atoms with Crippen LogP contribution in [0.25, 0.3) is 10.2 Å². The lowest BCUT2D eigenvalue weighted by Crippen LogP contribution is -2.41. The number of carbonyl (C=O) groups is 1. The van der Waals surface area contributed by atoms with Gasteiger partial charge in [-0.3, -0.25) is 13.9 Å². The van der Waals surface area contributed by atoms with Gasteiger partial charge < -0.3 is 9.47 Å². The van der Waals surface area contributed by atoms with Gasteiger partial charge in [-0.15, -0.1) is 11.3 Å². The number of aryl methyl sites for hydroxylation is 1. The van der Waals surface area contributed by atoms with E-state index in [1.807, 2.05) is 0 Å². The van der Waals surface area contributed by atoms with Crippen LogP contribution in [0.15, 0.2) is 9.59 Å². The van der Waals surface area contributed by atoms with Gasteiger partial charge in [-0.1, -0.05) is 0 Å². The lowest BCUT2D eigenvalue weighted by atomic mass is 10.2. The molecule has 0 aromatic carbocycles. The van der Waals surface area contributed by atoms with Gasteiger partial charge in [-0.25, -0.2) is 27.2 Å². The summed E-state index contributed by atoms with van der Waals surface area (Å²) in [5, 5.41) is 0.0494. The average molecular weight is 464 g/mol. The van der Waals surface area contributed by atoms with E-state index in [0.717, 1.165) is 15.9 Å². The fourth-order valence-corrected chi connectivity index (χ4v) is 4.72. The lowest BCUT2D eigenvalue weighted by molar-refractivity contribution is 0.0372. The number of alkyl halides is 4. The van der Waals surface area contributed by atoms with Crippen molar-refractivity contribution in [1.29, 1.82) is 0 Å². The molecule has 2 aliphatic carbocycles. The number of hydrogen-bond acceptors (Lipinski definition) is 6. The molecule has 0 bridgehead atoms. The maximum atomic E-state index is 13.4. The molecule has 0 amide bonds. The Hall–Kier alpha value is -2.21. The van der Waals surface area contributed by atoms with Crippen LogP contribution in [0.4, 0.5) is 17.6 Å². The lowest BCUT2D eigenvalue weighted by Gasteiger charge is -2.11. The van der Waals surface area contributed by atoms with Crippen LogP contribution in [0, 0.1) is 18.8 Å². The molecule has 4 rings (SSSR count). The first-order valence-corrected chi connectivity index (χ1v) is 10.5. The molecule has 2 aromatic heterocycles. The molecule has 170 valence electrons. The third kappa shape index (κ3) is 3.91. The van der Waals surface area contributed by atoms with Crippen LogP contribution in [0.2, 0.25) is 0 Å². The molecule has 7 nitrogen and oxygen atoms in total. The van der Waals surface area contributed by atoms with Crippen LogP contribution in [-0.2, 0) is 22.6 Å². The zero-order valence-electron chi connectivity index (χ0n) is 16.8. The van der Waals surface area contributed by atoms with E-state index in [9.17, 15) is 31.9 Å². The molecule has 2 heterocycles. The summed E-state index contributed by atoms with van der Waals surface area (Å²) < 4.78 is 64.9. The largest absolute Gasteiger partial charge is 0.461 e. The first-order chi connectivity index (χ1) is 14.5. The van der Waals surface area contributed by atoms with E-state index >= 15 is 0 Å². The Morgan fingerprint density at radius 3 is 2.29 bits per heavy atom. The number of rotatable bonds is 8. The van der Waals surface area contributed by atoms with Crippen LogP contribution in [0.5, 0.6) is 0 Å². The second-order valence-electron chi connectivity index (χ2n) is 8.00. The molecule has 12 heteroatoms. The number of aromatic nitrogens is 2. The second kappa shape index (κ2) is 7.44. The molecule has 2 unspecified atom stereocenters. The van der Waals surface area contributed by atoms with E-state index in [1.165, 1.54) is 18.6 Å². The Kier molecular flexibility index (Phi) is 5.28. The molecule has 0 saturated heterocycles. The molecule has 0 aliphatic heterocycles. The van der Waals surface area contributed by atoms with Crippen molar-refractivity contribution >= 4 is 27.5 Å². The standard InChI is InChI=1S/C19H20F4N2O5S/c1-9-12-14(26)25(7-10-5-18(10,20)21)17(28)24(3-4-29-2)15(12)31-13(9)16(27)30-8-11-6-19(11,22)23/h10-11H,3-8H2,1-2H3. The van der Waals surface area contributed by atoms with Gasteiger partial charge in [0, 0.05) is 32.4 Å². The number of nitrogens with zero attached hydrogens (tertiary/aromatic N) is 2. The average Bonchev–Trinajstić information content (AvgIpc) is 3.45. The Morgan fingerprint density at radius 2 is 1.74 bits per heavy atom. The van der Waals surface area contributed by atoms with E-state index in [1.54, 1.807) is 0 Å². The Balaban J connectivity index is 1.74. The quantitative estimate of drug-likeness (QED) is 0.443. The van der Waals surface area contributed by atoms with Crippen LogP contribution in [-0.4, -0.2) is 47.3 Å². The summed E-state index contributed by atoms with van der Waals surface area (Å²) in [6.45, 7) is 0.746. The molecule has 0 spiro atoms. The molecule has 2 saturated carbocycles. The zero-order valence-corrected chi connectivity index (χ0v) is 17.6. The number of carbonyl (C=O) groups excluding carboxylic acids is 1. The molecular formula is C19H20F4N2O5S. The summed E-state index contributed by atoms with van der Waals surface area (Å²) in [4.78, 5) is 38.6. The smallest absolute Gasteiger partial charge is 0.348 e. The highest BCUT2D eigenvalue weighted by molar-refractivity contribution is 7.20. The minimum Gasteiger partial charge on any atom is -0.461 e. The van der Waals surface area contributed by atoms with Crippen molar-refractivity contribution in [1.82, 2.24) is 9.13 Å². The summed E-state index contributed by atoms with van der Waals surface area (Å²) in [5.74, 6) is -8.75. The van der Waals surface area contributed by atoms with E-state index in [0.29, 0.717) is 0 Å². The first kappa shape index (κ1) is 22.0. The molecule has 31 heavy (non-hydrogen) atoms. The molecular weight excluding hydrogens is 444 g/mol. The maximum Gasteiger partial charge on any atom is 0.348 e. The van der Waals surface area contributed by atoms with Crippen molar-refractivity contribution in [2.75, 3.05) is 20.3 Å². The van der Waals surface area contributed by atoms with Crippen molar-refractivity contribution in [2.24, 2.45) is 11.8 Å². The molecule has 0 N–H and O–H groups in total.